The molecule has 0 saturated heterocycles. The van der Waals surface area contributed by atoms with Crippen LogP contribution < -0.4 is 10.1 Å². The highest BCUT2D eigenvalue weighted by atomic mass is 19.1. The molecule has 5 heteroatoms. The van der Waals surface area contributed by atoms with Gasteiger partial charge in [0, 0.05) is 12.1 Å². The third-order valence-electron chi connectivity index (χ3n) is 3.46. The summed E-state index contributed by atoms with van der Waals surface area (Å²) in [5.41, 5.74) is 2.47. The van der Waals surface area contributed by atoms with Crippen molar-refractivity contribution >= 4 is 0 Å². The minimum Gasteiger partial charge on any atom is -0.494 e. The Balaban J connectivity index is 2.53. The van der Waals surface area contributed by atoms with E-state index in [1.807, 2.05) is 31.5 Å². The summed E-state index contributed by atoms with van der Waals surface area (Å²) in [7, 11) is 1.48. The fourth-order valence-corrected chi connectivity index (χ4v) is 2.54. The first kappa shape index (κ1) is 15.5. The second-order valence-electron chi connectivity index (χ2n) is 4.88. The lowest BCUT2D eigenvalue weighted by molar-refractivity contribution is 0.381. The van der Waals surface area contributed by atoms with Crippen molar-refractivity contribution in [2.75, 3.05) is 13.7 Å². The summed E-state index contributed by atoms with van der Waals surface area (Å²) in [6.45, 7) is 7.46. The van der Waals surface area contributed by atoms with Crippen LogP contribution in [0.3, 0.4) is 0 Å². The number of aromatic nitrogens is 2. The Hall–Kier alpha value is -1.88. The minimum absolute atomic E-state index is 0.244. The maximum atomic E-state index is 14.6. The van der Waals surface area contributed by atoms with E-state index < -0.39 is 0 Å². The highest BCUT2D eigenvalue weighted by Gasteiger charge is 2.23. The number of halogens is 1. The van der Waals surface area contributed by atoms with E-state index in [9.17, 15) is 4.39 Å². The summed E-state index contributed by atoms with van der Waals surface area (Å²) < 4.78 is 21.6. The molecule has 0 aliphatic carbocycles. The molecule has 1 unspecified atom stereocenters. The van der Waals surface area contributed by atoms with Crippen LogP contribution in [-0.4, -0.2) is 23.4 Å². The molecule has 114 valence electrons. The topological polar surface area (TPSA) is 39.1 Å². The van der Waals surface area contributed by atoms with Gasteiger partial charge in [-0.25, -0.2) is 4.39 Å². The molecule has 2 aromatic rings. The lowest BCUT2D eigenvalue weighted by Crippen LogP contribution is -2.25. The predicted octanol–water partition coefficient (Wildman–Crippen LogP) is 3.06. The molecule has 0 saturated carbocycles. The van der Waals surface area contributed by atoms with Crippen molar-refractivity contribution < 1.29 is 9.13 Å². The lowest BCUT2D eigenvalue weighted by Gasteiger charge is -2.21. The Morgan fingerprint density at radius 2 is 2.14 bits per heavy atom. The molecule has 1 N–H and O–H groups in total. The van der Waals surface area contributed by atoms with Gasteiger partial charge in [0.05, 0.1) is 24.5 Å². The van der Waals surface area contributed by atoms with Crippen LogP contribution in [0.2, 0.25) is 0 Å². The molecule has 4 nitrogen and oxygen atoms in total. The normalized spacial score (nSPS) is 12.4. The Kier molecular flexibility index (Phi) is 4.96. The Bertz CT molecular complexity index is 610. The van der Waals surface area contributed by atoms with Gasteiger partial charge in [-0.15, -0.1) is 0 Å². The summed E-state index contributed by atoms with van der Waals surface area (Å²) in [5, 5.41) is 7.79. The second kappa shape index (κ2) is 6.72. The maximum Gasteiger partial charge on any atom is 0.170 e. The molecule has 0 amide bonds. The van der Waals surface area contributed by atoms with Gasteiger partial charge in [-0.1, -0.05) is 19.1 Å². The molecule has 0 aliphatic heterocycles. The highest BCUT2D eigenvalue weighted by Crippen LogP contribution is 2.29. The number of rotatable bonds is 6. The smallest absolute Gasteiger partial charge is 0.170 e. The zero-order valence-electron chi connectivity index (χ0n) is 13.0. The molecule has 1 heterocycles. The van der Waals surface area contributed by atoms with Crippen molar-refractivity contribution in [3.63, 3.8) is 0 Å². The van der Waals surface area contributed by atoms with Crippen LogP contribution in [0.1, 0.15) is 36.8 Å². The molecule has 0 bridgehead atoms. The summed E-state index contributed by atoms with van der Waals surface area (Å²) in [6.07, 6.45) is 0. The first-order valence-corrected chi connectivity index (χ1v) is 7.22. The zero-order valence-corrected chi connectivity index (χ0v) is 13.0. The van der Waals surface area contributed by atoms with Crippen molar-refractivity contribution in [2.45, 2.75) is 33.4 Å². The van der Waals surface area contributed by atoms with Crippen LogP contribution in [0.5, 0.6) is 5.75 Å². The quantitative estimate of drug-likeness (QED) is 0.889. The van der Waals surface area contributed by atoms with Gasteiger partial charge >= 0.3 is 0 Å². The Morgan fingerprint density at radius 3 is 2.76 bits per heavy atom. The molecule has 0 fully saturated rings. The summed E-state index contributed by atoms with van der Waals surface area (Å²) in [5.74, 6) is -0.0675. The minimum atomic E-state index is -0.326. The number of ether oxygens (including phenoxy) is 1. The van der Waals surface area contributed by atoms with Crippen molar-refractivity contribution in [1.29, 1.82) is 0 Å². The lowest BCUT2D eigenvalue weighted by atomic mass is 10.0. The number of benzene rings is 1. The number of methoxy groups -OCH3 is 1. The summed E-state index contributed by atoms with van der Waals surface area (Å²) >= 11 is 0. The van der Waals surface area contributed by atoms with Crippen LogP contribution in [0.25, 0.3) is 0 Å². The van der Waals surface area contributed by atoms with Crippen molar-refractivity contribution in [2.24, 2.45) is 0 Å². The van der Waals surface area contributed by atoms with E-state index in [0.717, 1.165) is 24.5 Å². The predicted molar refractivity (Wildman–Crippen MR) is 81.1 cm³/mol. The third-order valence-corrected chi connectivity index (χ3v) is 3.46. The standard InChI is InChI=1S/C16H22FN3O/c1-5-18-16(13-10-11(3)19-20(13)6-2)12-8-7-9-14(21-4)15(12)17/h7-10,16,18H,5-6H2,1-4H3. The van der Waals surface area contributed by atoms with Crippen molar-refractivity contribution in [3.05, 3.63) is 47.0 Å². The van der Waals surface area contributed by atoms with Gasteiger partial charge in [0.15, 0.2) is 11.6 Å². The first-order chi connectivity index (χ1) is 10.1. The third kappa shape index (κ3) is 3.08. The fourth-order valence-electron chi connectivity index (χ4n) is 2.54. The van der Waals surface area contributed by atoms with E-state index in [-0.39, 0.29) is 17.6 Å². The van der Waals surface area contributed by atoms with Crippen molar-refractivity contribution in [1.82, 2.24) is 15.1 Å². The molecule has 21 heavy (non-hydrogen) atoms. The number of hydrogen-bond acceptors (Lipinski definition) is 3. The van der Waals surface area contributed by atoms with Gasteiger partial charge < -0.3 is 10.1 Å². The average Bonchev–Trinajstić information content (AvgIpc) is 2.86. The molecule has 2 rings (SSSR count). The molecular weight excluding hydrogens is 269 g/mol. The van der Waals surface area contributed by atoms with Gasteiger partial charge in [-0.05, 0) is 32.5 Å². The summed E-state index contributed by atoms with van der Waals surface area (Å²) in [6, 6.07) is 6.97. The molecule has 0 spiro atoms. The van der Waals surface area contributed by atoms with Gasteiger partial charge in [0.25, 0.3) is 0 Å². The largest absolute Gasteiger partial charge is 0.494 e. The van der Waals surface area contributed by atoms with Crippen LogP contribution in [-0.2, 0) is 6.54 Å². The Labute approximate surface area is 124 Å². The molecule has 0 radical (unpaired) electrons. The summed E-state index contributed by atoms with van der Waals surface area (Å²) in [4.78, 5) is 0. The number of nitrogens with one attached hydrogen (secondary N) is 1. The monoisotopic (exact) mass is 291 g/mol. The van der Waals surface area contributed by atoms with E-state index in [2.05, 4.69) is 10.4 Å². The Morgan fingerprint density at radius 1 is 1.38 bits per heavy atom. The number of hydrogen-bond donors (Lipinski definition) is 1. The molecule has 1 atom stereocenters. The molecule has 0 aliphatic rings. The zero-order chi connectivity index (χ0) is 15.4. The van der Waals surface area contributed by atoms with Gasteiger partial charge in [0.2, 0.25) is 0 Å². The molecular formula is C16H22FN3O. The van der Waals surface area contributed by atoms with E-state index in [1.54, 1.807) is 18.2 Å². The van der Waals surface area contributed by atoms with E-state index in [0.29, 0.717) is 5.56 Å². The number of aryl methyl sites for hydroxylation is 2. The van der Waals surface area contributed by atoms with Crippen LogP contribution in [0.15, 0.2) is 24.3 Å². The first-order valence-electron chi connectivity index (χ1n) is 7.22. The van der Waals surface area contributed by atoms with Gasteiger partial charge in [0.1, 0.15) is 0 Å². The van der Waals surface area contributed by atoms with Crippen LogP contribution in [0.4, 0.5) is 4.39 Å². The van der Waals surface area contributed by atoms with E-state index in [1.165, 1.54) is 7.11 Å². The molecule has 1 aromatic carbocycles. The fraction of sp³-hybridized carbons (Fsp3) is 0.438. The number of nitrogens with zero attached hydrogens (tertiary/aromatic N) is 2. The van der Waals surface area contributed by atoms with E-state index in [4.69, 9.17) is 4.74 Å². The van der Waals surface area contributed by atoms with Gasteiger partial charge in [-0.3, -0.25) is 4.68 Å². The second-order valence-corrected chi connectivity index (χ2v) is 4.88. The van der Waals surface area contributed by atoms with Gasteiger partial charge in [-0.2, -0.15) is 5.10 Å². The highest BCUT2D eigenvalue weighted by molar-refractivity contribution is 5.37. The van der Waals surface area contributed by atoms with E-state index >= 15 is 0 Å². The average molecular weight is 291 g/mol. The van der Waals surface area contributed by atoms with Crippen molar-refractivity contribution in [3.8, 4) is 5.75 Å². The van der Waals surface area contributed by atoms with Crippen LogP contribution >= 0.6 is 0 Å². The SMILES string of the molecule is CCNC(c1cccc(OC)c1F)c1cc(C)nn1CC. The molecule has 1 aromatic heterocycles. The maximum absolute atomic E-state index is 14.6. The van der Waals surface area contributed by atoms with Crippen LogP contribution in [0, 0.1) is 12.7 Å².